The van der Waals surface area contributed by atoms with Gasteiger partial charge in [-0.2, -0.15) is 5.10 Å². The Labute approximate surface area is 137 Å². The van der Waals surface area contributed by atoms with Gasteiger partial charge < -0.3 is 5.32 Å². The Kier molecular flexibility index (Phi) is 4.50. The van der Waals surface area contributed by atoms with E-state index in [4.69, 9.17) is 4.98 Å². The first-order chi connectivity index (χ1) is 10.3. The fourth-order valence-corrected chi connectivity index (χ4v) is 2.70. The molecule has 21 heavy (non-hydrogen) atoms. The number of aromatic nitrogens is 3. The SMILES string of the molecule is CCCNCc1cc2ccccc2c(-n2cc(I)cn2)n1. The minimum Gasteiger partial charge on any atom is -0.311 e. The number of benzene rings is 1. The first-order valence-corrected chi connectivity index (χ1v) is 8.15. The van der Waals surface area contributed by atoms with Crippen molar-refractivity contribution in [2.45, 2.75) is 19.9 Å². The van der Waals surface area contributed by atoms with Crippen LogP contribution >= 0.6 is 22.6 Å². The van der Waals surface area contributed by atoms with Crippen molar-refractivity contribution in [3.63, 3.8) is 0 Å². The molecule has 0 aliphatic rings. The van der Waals surface area contributed by atoms with E-state index in [1.807, 2.05) is 23.1 Å². The largest absolute Gasteiger partial charge is 0.311 e. The zero-order chi connectivity index (χ0) is 14.7. The van der Waals surface area contributed by atoms with E-state index in [1.54, 1.807) is 0 Å². The number of halogens is 1. The van der Waals surface area contributed by atoms with E-state index >= 15 is 0 Å². The van der Waals surface area contributed by atoms with Crippen LogP contribution in [0.3, 0.4) is 0 Å². The molecule has 2 heterocycles. The summed E-state index contributed by atoms with van der Waals surface area (Å²) in [4.78, 5) is 4.79. The molecule has 0 saturated heterocycles. The van der Waals surface area contributed by atoms with Crippen LogP contribution in [0.25, 0.3) is 16.6 Å². The van der Waals surface area contributed by atoms with Gasteiger partial charge >= 0.3 is 0 Å². The van der Waals surface area contributed by atoms with Crippen molar-refractivity contribution in [2.24, 2.45) is 0 Å². The highest BCUT2D eigenvalue weighted by atomic mass is 127. The Hall–Kier alpha value is -1.47. The smallest absolute Gasteiger partial charge is 0.161 e. The summed E-state index contributed by atoms with van der Waals surface area (Å²) in [5.41, 5.74) is 1.04. The lowest BCUT2D eigenvalue weighted by Gasteiger charge is -2.10. The molecule has 0 fully saturated rings. The van der Waals surface area contributed by atoms with Crippen LogP contribution in [0.1, 0.15) is 19.0 Å². The number of rotatable bonds is 5. The molecule has 0 aliphatic carbocycles. The van der Waals surface area contributed by atoms with Crippen LogP contribution in [0.4, 0.5) is 0 Å². The van der Waals surface area contributed by atoms with Gasteiger partial charge in [0.25, 0.3) is 0 Å². The molecule has 5 heteroatoms. The van der Waals surface area contributed by atoms with Gasteiger partial charge in [-0.05, 0) is 47.0 Å². The lowest BCUT2D eigenvalue weighted by molar-refractivity contribution is 0.662. The Morgan fingerprint density at radius 3 is 2.90 bits per heavy atom. The van der Waals surface area contributed by atoms with Crippen LogP contribution in [-0.4, -0.2) is 21.3 Å². The molecule has 0 amide bonds. The lowest BCUT2D eigenvalue weighted by Crippen LogP contribution is -2.15. The molecule has 0 bridgehead atoms. The van der Waals surface area contributed by atoms with Crippen molar-refractivity contribution < 1.29 is 0 Å². The maximum atomic E-state index is 4.79. The first kappa shape index (κ1) is 14.5. The number of nitrogens with one attached hydrogen (secondary N) is 1. The topological polar surface area (TPSA) is 42.7 Å². The summed E-state index contributed by atoms with van der Waals surface area (Å²) >= 11 is 2.26. The molecule has 0 unspecified atom stereocenters. The van der Waals surface area contributed by atoms with Crippen molar-refractivity contribution in [2.75, 3.05) is 6.54 Å². The summed E-state index contributed by atoms with van der Waals surface area (Å²) in [7, 11) is 0. The zero-order valence-corrected chi connectivity index (χ0v) is 14.0. The van der Waals surface area contributed by atoms with Crippen LogP contribution < -0.4 is 5.32 Å². The van der Waals surface area contributed by atoms with Crippen molar-refractivity contribution in [3.05, 3.63) is 52.0 Å². The van der Waals surface area contributed by atoms with Crippen molar-refractivity contribution in [1.82, 2.24) is 20.1 Å². The average Bonchev–Trinajstić information content (AvgIpc) is 2.93. The Bertz CT molecular complexity index is 751. The summed E-state index contributed by atoms with van der Waals surface area (Å²) in [6.45, 7) is 3.95. The molecule has 108 valence electrons. The van der Waals surface area contributed by atoms with Crippen LogP contribution in [0.2, 0.25) is 0 Å². The summed E-state index contributed by atoms with van der Waals surface area (Å²) in [5.74, 6) is 0.893. The molecule has 2 aromatic heterocycles. The fourth-order valence-electron chi connectivity index (χ4n) is 2.31. The second kappa shape index (κ2) is 6.53. The standard InChI is InChI=1S/C16H17IN4/c1-2-7-18-10-14-8-12-5-3-4-6-15(12)16(20-14)21-11-13(17)9-19-21/h3-6,8-9,11,18H,2,7,10H2,1H3. The van der Waals surface area contributed by atoms with Crippen molar-refractivity contribution in [3.8, 4) is 5.82 Å². The van der Waals surface area contributed by atoms with Gasteiger partial charge in [0.05, 0.1) is 15.5 Å². The molecule has 0 radical (unpaired) electrons. The number of pyridine rings is 1. The van der Waals surface area contributed by atoms with E-state index in [2.05, 4.69) is 64.2 Å². The molecule has 0 spiro atoms. The van der Waals surface area contributed by atoms with Gasteiger partial charge in [-0.15, -0.1) is 0 Å². The molecule has 0 aliphatic heterocycles. The quantitative estimate of drug-likeness (QED) is 0.534. The highest BCUT2D eigenvalue weighted by Gasteiger charge is 2.08. The van der Waals surface area contributed by atoms with E-state index in [0.717, 1.165) is 40.0 Å². The predicted octanol–water partition coefficient (Wildman–Crippen LogP) is 3.52. The van der Waals surface area contributed by atoms with Gasteiger partial charge in [-0.1, -0.05) is 31.2 Å². The maximum Gasteiger partial charge on any atom is 0.161 e. The van der Waals surface area contributed by atoms with Gasteiger partial charge in [0, 0.05) is 18.1 Å². The van der Waals surface area contributed by atoms with Crippen LogP contribution in [0, 0.1) is 3.57 Å². The summed E-state index contributed by atoms with van der Waals surface area (Å²) in [6.07, 6.45) is 4.97. The molecular formula is C16H17IN4. The van der Waals surface area contributed by atoms with E-state index < -0.39 is 0 Å². The lowest BCUT2D eigenvalue weighted by atomic mass is 10.1. The Morgan fingerprint density at radius 1 is 1.29 bits per heavy atom. The Morgan fingerprint density at radius 2 is 2.14 bits per heavy atom. The fraction of sp³-hybridized carbons (Fsp3) is 0.250. The van der Waals surface area contributed by atoms with Crippen LogP contribution in [-0.2, 0) is 6.54 Å². The average molecular weight is 392 g/mol. The zero-order valence-electron chi connectivity index (χ0n) is 11.9. The van der Waals surface area contributed by atoms with Gasteiger partial charge in [-0.3, -0.25) is 0 Å². The van der Waals surface area contributed by atoms with Crippen molar-refractivity contribution in [1.29, 1.82) is 0 Å². The molecule has 4 nitrogen and oxygen atoms in total. The predicted molar refractivity (Wildman–Crippen MR) is 93.6 cm³/mol. The van der Waals surface area contributed by atoms with E-state index in [9.17, 15) is 0 Å². The second-order valence-corrected chi connectivity index (χ2v) is 6.18. The third-order valence-electron chi connectivity index (χ3n) is 3.27. The van der Waals surface area contributed by atoms with Crippen LogP contribution in [0.15, 0.2) is 42.7 Å². The Balaban J connectivity index is 2.07. The number of hydrogen-bond donors (Lipinski definition) is 1. The van der Waals surface area contributed by atoms with E-state index in [1.165, 1.54) is 5.39 Å². The van der Waals surface area contributed by atoms with E-state index in [-0.39, 0.29) is 0 Å². The molecule has 3 aromatic rings. The molecule has 0 saturated carbocycles. The number of fused-ring (bicyclic) bond motifs is 1. The highest BCUT2D eigenvalue weighted by Crippen LogP contribution is 2.22. The molecule has 1 aromatic carbocycles. The van der Waals surface area contributed by atoms with Crippen molar-refractivity contribution >= 4 is 33.4 Å². The first-order valence-electron chi connectivity index (χ1n) is 7.08. The second-order valence-electron chi connectivity index (χ2n) is 4.94. The van der Waals surface area contributed by atoms with Gasteiger partial charge in [0.1, 0.15) is 0 Å². The maximum absolute atomic E-state index is 4.79. The highest BCUT2D eigenvalue weighted by molar-refractivity contribution is 14.1. The minimum atomic E-state index is 0.782. The molecule has 0 atom stereocenters. The summed E-state index contributed by atoms with van der Waals surface area (Å²) < 4.78 is 2.96. The molecule has 3 rings (SSSR count). The molecule has 1 N–H and O–H groups in total. The third-order valence-corrected chi connectivity index (χ3v) is 3.83. The number of nitrogens with zero attached hydrogens (tertiary/aromatic N) is 3. The molecular weight excluding hydrogens is 375 g/mol. The minimum absolute atomic E-state index is 0.782. The van der Waals surface area contributed by atoms with Crippen LogP contribution in [0.5, 0.6) is 0 Å². The normalized spacial score (nSPS) is 11.1. The third kappa shape index (κ3) is 3.24. The summed E-state index contributed by atoms with van der Waals surface area (Å²) in [5, 5.41) is 10.1. The summed E-state index contributed by atoms with van der Waals surface area (Å²) in [6, 6.07) is 10.5. The number of hydrogen-bond acceptors (Lipinski definition) is 3. The monoisotopic (exact) mass is 392 g/mol. The van der Waals surface area contributed by atoms with Gasteiger partial charge in [0.2, 0.25) is 0 Å². The van der Waals surface area contributed by atoms with Gasteiger partial charge in [0.15, 0.2) is 5.82 Å². The van der Waals surface area contributed by atoms with Gasteiger partial charge in [-0.25, -0.2) is 9.67 Å². The van der Waals surface area contributed by atoms with E-state index in [0.29, 0.717) is 0 Å².